The smallest absolute Gasteiger partial charge is 0.239 e. The summed E-state index contributed by atoms with van der Waals surface area (Å²) in [6.07, 6.45) is 3.23. The van der Waals surface area contributed by atoms with Crippen molar-refractivity contribution in [3.63, 3.8) is 0 Å². The standard InChI is InChI=1S/C19H30N2O2/c1-4-8-17(20(2)3)19(23)21-13-11-16(12-14-21)18(22)15-9-6-5-7-10-15/h5-7,9-10,16-18,22H,4,8,11-14H2,1-3H3. The van der Waals surface area contributed by atoms with Gasteiger partial charge in [-0.15, -0.1) is 0 Å². The van der Waals surface area contributed by atoms with E-state index in [1.54, 1.807) is 0 Å². The van der Waals surface area contributed by atoms with Crippen LogP contribution in [0.4, 0.5) is 0 Å². The molecule has 4 nitrogen and oxygen atoms in total. The third-order valence-corrected chi connectivity index (χ3v) is 4.91. The summed E-state index contributed by atoms with van der Waals surface area (Å²) in [6, 6.07) is 9.83. The summed E-state index contributed by atoms with van der Waals surface area (Å²) in [5.41, 5.74) is 0.981. The summed E-state index contributed by atoms with van der Waals surface area (Å²) in [5.74, 6) is 0.481. The number of likely N-dealkylation sites (N-methyl/N-ethyl adjacent to an activating group) is 1. The lowest BCUT2D eigenvalue weighted by atomic mass is 9.87. The van der Waals surface area contributed by atoms with Gasteiger partial charge >= 0.3 is 0 Å². The van der Waals surface area contributed by atoms with E-state index in [1.807, 2.05) is 54.2 Å². The van der Waals surface area contributed by atoms with Crippen LogP contribution in [-0.4, -0.2) is 54.0 Å². The number of amides is 1. The summed E-state index contributed by atoms with van der Waals surface area (Å²) in [4.78, 5) is 16.7. The molecule has 1 saturated heterocycles. The zero-order valence-corrected chi connectivity index (χ0v) is 14.6. The number of rotatable bonds is 6. The summed E-state index contributed by atoms with van der Waals surface area (Å²) in [5, 5.41) is 10.5. The molecular weight excluding hydrogens is 288 g/mol. The third kappa shape index (κ3) is 4.55. The predicted octanol–water partition coefficient (Wildman–Crippen LogP) is 2.69. The van der Waals surface area contributed by atoms with Crippen LogP contribution in [0.3, 0.4) is 0 Å². The van der Waals surface area contributed by atoms with Crippen LogP contribution in [0.25, 0.3) is 0 Å². The van der Waals surface area contributed by atoms with Gasteiger partial charge in [0.15, 0.2) is 0 Å². The lowest BCUT2D eigenvalue weighted by molar-refractivity contribution is -0.138. The highest BCUT2D eigenvalue weighted by Gasteiger charge is 2.31. The van der Waals surface area contributed by atoms with Crippen molar-refractivity contribution >= 4 is 5.91 Å². The molecule has 1 aromatic rings. The van der Waals surface area contributed by atoms with Crippen molar-refractivity contribution in [2.45, 2.75) is 44.8 Å². The van der Waals surface area contributed by atoms with Crippen LogP contribution in [-0.2, 0) is 4.79 Å². The Balaban J connectivity index is 1.91. The molecule has 0 radical (unpaired) electrons. The molecule has 4 heteroatoms. The van der Waals surface area contributed by atoms with Crippen LogP contribution in [0.15, 0.2) is 30.3 Å². The number of carbonyl (C=O) groups is 1. The van der Waals surface area contributed by atoms with Crippen LogP contribution < -0.4 is 0 Å². The monoisotopic (exact) mass is 318 g/mol. The van der Waals surface area contributed by atoms with E-state index in [-0.39, 0.29) is 17.9 Å². The van der Waals surface area contributed by atoms with Gasteiger partial charge in [0.1, 0.15) is 0 Å². The molecule has 0 spiro atoms. The van der Waals surface area contributed by atoms with Crippen molar-refractivity contribution in [3.05, 3.63) is 35.9 Å². The number of hydrogen-bond donors (Lipinski definition) is 1. The Morgan fingerprint density at radius 2 is 1.87 bits per heavy atom. The van der Waals surface area contributed by atoms with Gasteiger partial charge in [-0.1, -0.05) is 43.7 Å². The van der Waals surface area contributed by atoms with Crippen LogP contribution in [0, 0.1) is 5.92 Å². The van der Waals surface area contributed by atoms with Gasteiger partial charge < -0.3 is 10.0 Å². The van der Waals surface area contributed by atoms with Gasteiger partial charge in [0.25, 0.3) is 0 Å². The SMILES string of the molecule is CCCC(C(=O)N1CCC(C(O)c2ccccc2)CC1)N(C)C. The minimum absolute atomic E-state index is 0.0180. The fourth-order valence-corrected chi connectivity index (χ4v) is 3.44. The maximum atomic E-state index is 12.7. The number of carbonyl (C=O) groups excluding carboxylic acids is 1. The first-order chi connectivity index (χ1) is 11.0. The van der Waals surface area contributed by atoms with Crippen LogP contribution in [0.1, 0.15) is 44.3 Å². The molecule has 2 atom stereocenters. The Morgan fingerprint density at radius 1 is 1.26 bits per heavy atom. The van der Waals surface area contributed by atoms with E-state index in [4.69, 9.17) is 0 Å². The van der Waals surface area contributed by atoms with Gasteiger partial charge in [-0.05, 0) is 44.8 Å². The van der Waals surface area contributed by atoms with Gasteiger partial charge in [-0.25, -0.2) is 0 Å². The fourth-order valence-electron chi connectivity index (χ4n) is 3.44. The Kier molecular flexibility index (Phi) is 6.60. The first-order valence-corrected chi connectivity index (χ1v) is 8.72. The first kappa shape index (κ1) is 18.0. The Bertz CT molecular complexity index is 481. The normalized spacial score (nSPS) is 18.9. The van der Waals surface area contributed by atoms with Gasteiger partial charge in [0.2, 0.25) is 5.91 Å². The molecule has 0 saturated carbocycles. The Hall–Kier alpha value is -1.39. The van der Waals surface area contributed by atoms with Gasteiger partial charge in [-0.2, -0.15) is 0 Å². The topological polar surface area (TPSA) is 43.8 Å². The highest BCUT2D eigenvalue weighted by atomic mass is 16.3. The van der Waals surface area contributed by atoms with E-state index in [2.05, 4.69) is 6.92 Å². The summed E-state index contributed by atoms with van der Waals surface area (Å²) < 4.78 is 0. The van der Waals surface area contributed by atoms with Crippen molar-refractivity contribution in [2.75, 3.05) is 27.2 Å². The van der Waals surface area contributed by atoms with Crippen molar-refractivity contribution in [3.8, 4) is 0 Å². The molecule has 23 heavy (non-hydrogen) atoms. The largest absolute Gasteiger partial charge is 0.388 e. The summed E-state index contributed by atoms with van der Waals surface area (Å²) in [7, 11) is 3.95. The van der Waals surface area contributed by atoms with E-state index < -0.39 is 6.10 Å². The predicted molar refractivity (Wildman–Crippen MR) is 93.1 cm³/mol. The minimum atomic E-state index is -0.422. The Labute approximate surface area is 140 Å². The molecule has 2 rings (SSSR count). The van der Waals surface area contributed by atoms with Crippen molar-refractivity contribution in [1.29, 1.82) is 0 Å². The average Bonchev–Trinajstić information content (AvgIpc) is 2.59. The number of piperidine rings is 1. The van der Waals surface area contributed by atoms with Crippen LogP contribution >= 0.6 is 0 Å². The number of aliphatic hydroxyl groups is 1. The quantitative estimate of drug-likeness (QED) is 0.877. The molecule has 128 valence electrons. The number of hydrogen-bond acceptors (Lipinski definition) is 3. The van der Waals surface area contributed by atoms with E-state index >= 15 is 0 Å². The van der Waals surface area contributed by atoms with Crippen molar-refractivity contribution in [1.82, 2.24) is 9.80 Å². The molecular formula is C19H30N2O2. The molecule has 1 aliphatic heterocycles. The van der Waals surface area contributed by atoms with Crippen molar-refractivity contribution < 1.29 is 9.90 Å². The van der Waals surface area contributed by atoms with E-state index in [0.717, 1.165) is 44.3 Å². The molecule has 1 fully saturated rings. The summed E-state index contributed by atoms with van der Waals surface area (Å²) >= 11 is 0. The lowest BCUT2D eigenvalue weighted by Gasteiger charge is -2.37. The molecule has 1 amide bonds. The maximum absolute atomic E-state index is 12.7. The van der Waals surface area contributed by atoms with Gasteiger partial charge in [-0.3, -0.25) is 9.69 Å². The highest BCUT2D eigenvalue weighted by Crippen LogP contribution is 2.31. The summed E-state index contributed by atoms with van der Waals surface area (Å²) in [6.45, 7) is 3.62. The fraction of sp³-hybridized carbons (Fsp3) is 0.632. The molecule has 2 unspecified atom stereocenters. The second-order valence-electron chi connectivity index (χ2n) is 6.79. The van der Waals surface area contributed by atoms with E-state index in [0.29, 0.717) is 0 Å². The second kappa shape index (κ2) is 8.46. The third-order valence-electron chi connectivity index (χ3n) is 4.91. The number of likely N-dealkylation sites (tertiary alicyclic amines) is 1. The van der Waals surface area contributed by atoms with Gasteiger partial charge in [0.05, 0.1) is 12.1 Å². The highest BCUT2D eigenvalue weighted by molar-refractivity contribution is 5.81. The lowest BCUT2D eigenvalue weighted by Crippen LogP contribution is -2.49. The Morgan fingerprint density at radius 3 is 2.39 bits per heavy atom. The molecule has 1 N–H and O–H groups in total. The number of benzene rings is 1. The maximum Gasteiger partial charge on any atom is 0.239 e. The molecule has 1 heterocycles. The molecule has 0 aromatic heterocycles. The first-order valence-electron chi connectivity index (χ1n) is 8.72. The minimum Gasteiger partial charge on any atom is -0.388 e. The molecule has 1 aromatic carbocycles. The number of aliphatic hydroxyl groups excluding tert-OH is 1. The van der Waals surface area contributed by atoms with Gasteiger partial charge in [0, 0.05) is 13.1 Å². The average molecular weight is 318 g/mol. The van der Waals surface area contributed by atoms with E-state index in [1.165, 1.54) is 0 Å². The van der Waals surface area contributed by atoms with Crippen LogP contribution in [0.2, 0.25) is 0 Å². The second-order valence-corrected chi connectivity index (χ2v) is 6.79. The van der Waals surface area contributed by atoms with E-state index in [9.17, 15) is 9.90 Å². The molecule has 1 aliphatic rings. The zero-order valence-electron chi connectivity index (χ0n) is 14.6. The van der Waals surface area contributed by atoms with Crippen molar-refractivity contribution in [2.24, 2.45) is 5.92 Å². The molecule has 0 aliphatic carbocycles. The molecule has 0 bridgehead atoms. The number of nitrogens with zero attached hydrogens (tertiary/aromatic N) is 2. The van der Waals surface area contributed by atoms with Crippen LogP contribution in [0.5, 0.6) is 0 Å². The zero-order chi connectivity index (χ0) is 16.8.